The molecule has 0 spiro atoms. The lowest BCUT2D eigenvalue weighted by molar-refractivity contribution is -0.138. The number of nitrogens with zero attached hydrogens (tertiary/aromatic N) is 4. The van der Waals surface area contributed by atoms with Crippen LogP contribution in [0.4, 0.5) is 0 Å². The van der Waals surface area contributed by atoms with Crippen molar-refractivity contribution in [3.63, 3.8) is 0 Å². The number of imidazole rings is 1. The third kappa shape index (κ3) is 2.52. The van der Waals surface area contributed by atoms with Crippen LogP contribution in [0.25, 0.3) is 5.52 Å². The molecule has 3 heterocycles. The molecule has 0 bridgehead atoms. The highest BCUT2D eigenvalue weighted by molar-refractivity contribution is 5.78. The normalized spacial score (nSPS) is 19.4. The molecule has 3 rings (SSSR count). The van der Waals surface area contributed by atoms with E-state index in [1.165, 1.54) is 0 Å². The zero-order chi connectivity index (χ0) is 15.0. The molecule has 1 amide bonds. The molecular weight excluding hydrogens is 264 g/mol. The number of amides is 1. The lowest BCUT2D eigenvalue weighted by atomic mass is 9.99. The topological polar surface area (TPSA) is 50.5 Å². The Hall–Kier alpha value is -1.91. The van der Waals surface area contributed by atoms with Crippen LogP contribution < -0.4 is 0 Å². The van der Waals surface area contributed by atoms with Crippen LogP contribution in [-0.4, -0.2) is 31.7 Å². The maximum atomic E-state index is 12.5. The van der Waals surface area contributed by atoms with Crippen molar-refractivity contribution in [2.24, 2.45) is 5.92 Å². The largest absolute Gasteiger partial charge is 0.332 e. The van der Waals surface area contributed by atoms with Gasteiger partial charge in [-0.3, -0.25) is 9.20 Å². The van der Waals surface area contributed by atoms with Crippen LogP contribution in [0, 0.1) is 12.8 Å². The summed E-state index contributed by atoms with van der Waals surface area (Å²) >= 11 is 0. The quantitative estimate of drug-likeness (QED) is 0.853. The molecule has 2 aromatic rings. The van der Waals surface area contributed by atoms with Gasteiger partial charge in [-0.1, -0.05) is 13.8 Å². The monoisotopic (exact) mass is 286 g/mol. The number of hydrogen-bond acceptors (Lipinski definition) is 3. The Morgan fingerprint density at radius 1 is 1.38 bits per heavy atom. The highest BCUT2D eigenvalue weighted by Crippen LogP contribution is 2.31. The molecule has 0 N–H and O–H groups in total. The lowest BCUT2D eigenvalue weighted by Gasteiger charge is -2.36. The number of rotatable bonds is 2. The number of aryl methyl sites for hydroxylation is 1. The number of aromatic nitrogens is 3. The van der Waals surface area contributed by atoms with E-state index in [9.17, 15) is 4.79 Å². The second kappa shape index (κ2) is 5.47. The summed E-state index contributed by atoms with van der Waals surface area (Å²) in [6, 6.07) is 2.08. The summed E-state index contributed by atoms with van der Waals surface area (Å²) in [4.78, 5) is 23.5. The van der Waals surface area contributed by atoms with E-state index < -0.39 is 0 Å². The zero-order valence-corrected chi connectivity index (χ0v) is 12.9. The first kappa shape index (κ1) is 14.0. The van der Waals surface area contributed by atoms with Gasteiger partial charge in [-0.05, 0) is 32.3 Å². The van der Waals surface area contributed by atoms with Gasteiger partial charge in [0.1, 0.15) is 12.2 Å². The van der Waals surface area contributed by atoms with E-state index in [0.717, 1.165) is 42.8 Å². The number of piperidine rings is 1. The van der Waals surface area contributed by atoms with Crippen molar-refractivity contribution in [3.8, 4) is 0 Å². The molecular formula is C16H22N4O. The van der Waals surface area contributed by atoms with Crippen molar-refractivity contribution in [2.45, 2.75) is 46.1 Å². The lowest BCUT2D eigenvalue weighted by Crippen LogP contribution is -2.41. The average molecular weight is 286 g/mol. The van der Waals surface area contributed by atoms with Gasteiger partial charge in [-0.25, -0.2) is 9.97 Å². The van der Waals surface area contributed by atoms with Gasteiger partial charge in [-0.15, -0.1) is 0 Å². The maximum Gasteiger partial charge on any atom is 0.225 e. The van der Waals surface area contributed by atoms with E-state index in [2.05, 4.69) is 4.98 Å². The first-order chi connectivity index (χ1) is 10.1. The Morgan fingerprint density at radius 3 is 2.95 bits per heavy atom. The molecule has 0 unspecified atom stereocenters. The molecule has 1 saturated heterocycles. The third-order valence-corrected chi connectivity index (χ3v) is 4.14. The van der Waals surface area contributed by atoms with Crippen molar-refractivity contribution in [1.82, 2.24) is 19.3 Å². The Morgan fingerprint density at radius 2 is 2.19 bits per heavy atom. The van der Waals surface area contributed by atoms with Crippen molar-refractivity contribution < 1.29 is 4.79 Å². The molecule has 0 aromatic carbocycles. The smallest absolute Gasteiger partial charge is 0.225 e. The van der Waals surface area contributed by atoms with Crippen LogP contribution in [0.3, 0.4) is 0 Å². The summed E-state index contributed by atoms with van der Waals surface area (Å²) in [7, 11) is 0. The van der Waals surface area contributed by atoms with Crippen LogP contribution in [0.5, 0.6) is 0 Å². The zero-order valence-electron chi connectivity index (χ0n) is 12.9. The van der Waals surface area contributed by atoms with E-state index in [-0.39, 0.29) is 17.9 Å². The van der Waals surface area contributed by atoms with Crippen LogP contribution in [0.1, 0.15) is 50.7 Å². The molecule has 1 fully saturated rings. The Kier molecular flexibility index (Phi) is 3.66. The molecule has 1 aliphatic heterocycles. The highest BCUT2D eigenvalue weighted by atomic mass is 16.2. The molecule has 0 radical (unpaired) electrons. The predicted octanol–water partition coefficient (Wildman–Crippen LogP) is 2.75. The fourth-order valence-electron chi connectivity index (χ4n) is 3.11. The molecule has 2 aromatic heterocycles. The molecule has 0 saturated carbocycles. The summed E-state index contributed by atoms with van der Waals surface area (Å²) in [6.45, 7) is 6.75. The van der Waals surface area contributed by atoms with Gasteiger partial charge in [0.15, 0.2) is 0 Å². The van der Waals surface area contributed by atoms with Gasteiger partial charge < -0.3 is 4.90 Å². The van der Waals surface area contributed by atoms with Crippen LogP contribution in [0.2, 0.25) is 0 Å². The molecule has 112 valence electrons. The Labute approximate surface area is 125 Å². The van der Waals surface area contributed by atoms with E-state index in [1.807, 2.05) is 42.3 Å². The number of likely N-dealkylation sites (tertiary alicyclic amines) is 1. The van der Waals surface area contributed by atoms with Crippen LogP contribution >= 0.6 is 0 Å². The predicted molar refractivity (Wildman–Crippen MR) is 80.9 cm³/mol. The number of carbonyl (C=O) groups is 1. The minimum Gasteiger partial charge on any atom is -0.332 e. The first-order valence-corrected chi connectivity index (χ1v) is 7.68. The molecule has 1 aliphatic rings. The van der Waals surface area contributed by atoms with Gasteiger partial charge in [0.2, 0.25) is 5.91 Å². The maximum absolute atomic E-state index is 12.5. The summed E-state index contributed by atoms with van der Waals surface area (Å²) in [5.74, 6) is 1.18. The van der Waals surface area contributed by atoms with Gasteiger partial charge in [0.05, 0.1) is 17.8 Å². The standard InChI is InChI=1S/C16H22N4O/c1-11(2)16(21)19-7-5-4-6-14(19)15-18-12(3)8-13-9-17-10-20(13)15/h8-11,14H,4-7H2,1-3H3/t14-/m0/s1. The molecule has 0 aliphatic carbocycles. The molecule has 5 heteroatoms. The van der Waals surface area contributed by atoms with Gasteiger partial charge in [-0.2, -0.15) is 0 Å². The van der Waals surface area contributed by atoms with E-state index in [1.54, 1.807) is 6.33 Å². The first-order valence-electron chi connectivity index (χ1n) is 7.68. The van der Waals surface area contributed by atoms with Crippen LogP contribution in [-0.2, 0) is 4.79 Å². The fraction of sp³-hybridized carbons (Fsp3) is 0.562. The average Bonchev–Trinajstić information content (AvgIpc) is 2.93. The summed E-state index contributed by atoms with van der Waals surface area (Å²) < 4.78 is 2.02. The minimum absolute atomic E-state index is 0.0219. The van der Waals surface area contributed by atoms with Gasteiger partial charge in [0, 0.05) is 18.2 Å². The number of hydrogen-bond donors (Lipinski definition) is 0. The van der Waals surface area contributed by atoms with E-state index in [0.29, 0.717) is 0 Å². The molecule has 5 nitrogen and oxygen atoms in total. The van der Waals surface area contributed by atoms with Crippen molar-refractivity contribution in [2.75, 3.05) is 6.54 Å². The van der Waals surface area contributed by atoms with Crippen molar-refractivity contribution in [3.05, 3.63) is 30.1 Å². The number of carbonyl (C=O) groups excluding carboxylic acids is 1. The Bertz CT molecular complexity index is 661. The van der Waals surface area contributed by atoms with Gasteiger partial charge in [0.25, 0.3) is 0 Å². The van der Waals surface area contributed by atoms with Gasteiger partial charge >= 0.3 is 0 Å². The minimum atomic E-state index is 0.0219. The second-order valence-electron chi connectivity index (χ2n) is 6.14. The van der Waals surface area contributed by atoms with E-state index in [4.69, 9.17) is 4.98 Å². The summed E-state index contributed by atoms with van der Waals surface area (Å²) in [5, 5.41) is 0. The van der Waals surface area contributed by atoms with Crippen molar-refractivity contribution in [1.29, 1.82) is 0 Å². The van der Waals surface area contributed by atoms with Crippen molar-refractivity contribution >= 4 is 11.4 Å². The SMILES string of the molecule is Cc1cc2cncn2c([C@@H]2CCCCN2C(=O)C(C)C)n1. The fourth-order valence-corrected chi connectivity index (χ4v) is 3.11. The van der Waals surface area contributed by atoms with Crippen LogP contribution in [0.15, 0.2) is 18.6 Å². The third-order valence-electron chi connectivity index (χ3n) is 4.14. The molecule has 1 atom stereocenters. The summed E-state index contributed by atoms with van der Waals surface area (Å²) in [6.07, 6.45) is 6.83. The Balaban J connectivity index is 2.06. The highest BCUT2D eigenvalue weighted by Gasteiger charge is 2.31. The summed E-state index contributed by atoms with van der Waals surface area (Å²) in [5.41, 5.74) is 2.01. The molecule has 21 heavy (non-hydrogen) atoms. The van der Waals surface area contributed by atoms with E-state index >= 15 is 0 Å². The number of fused-ring (bicyclic) bond motifs is 1. The second-order valence-corrected chi connectivity index (χ2v) is 6.14.